The zero-order valence-corrected chi connectivity index (χ0v) is 10.7. The van der Waals surface area contributed by atoms with E-state index in [0.29, 0.717) is 5.88 Å². The summed E-state index contributed by atoms with van der Waals surface area (Å²) in [5.41, 5.74) is 0.815. The Morgan fingerprint density at radius 3 is 2.53 bits per heavy atom. The SMILES string of the molecule is CNC(C)c1cccnc1Oc1cc(F)cc(F)c1. The highest BCUT2D eigenvalue weighted by Crippen LogP contribution is 2.27. The zero-order chi connectivity index (χ0) is 13.8. The van der Waals surface area contributed by atoms with Crippen LogP contribution in [0.15, 0.2) is 36.5 Å². The molecule has 1 unspecified atom stereocenters. The second-order valence-corrected chi connectivity index (χ2v) is 4.12. The Balaban J connectivity index is 2.32. The summed E-state index contributed by atoms with van der Waals surface area (Å²) in [5, 5.41) is 3.06. The van der Waals surface area contributed by atoms with Crippen LogP contribution in [0.2, 0.25) is 0 Å². The molecule has 19 heavy (non-hydrogen) atoms. The topological polar surface area (TPSA) is 34.2 Å². The number of halogens is 2. The molecule has 5 heteroatoms. The zero-order valence-electron chi connectivity index (χ0n) is 10.7. The fraction of sp³-hybridized carbons (Fsp3) is 0.214. The number of pyridine rings is 1. The first-order valence-electron chi connectivity index (χ1n) is 5.86. The molecule has 0 radical (unpaired) electrons. The van der Waals surface area contributed by atoms with Crippen LogP contribution in [0.5, 0.6) is 11.6 Å². The van der Waals surface area contributed by atoms with Crippen molar-refractivity contribution in [1.82, 2.24) is 10.3 Å². The maximum atomic E-state index is 13.1. The van der Waals surface area contributed by atoms with Gasteiger partial charge >= 0.3 is 0 Å². The monoisotopic (exact) mass is 264 g/mol. The van der Waals surface area contributed by atoms with Crippen LogP contribution in [-0.2, 0) is 0 Å². The number of nitrogens with one attached hydrogen (secondary N) is 1. The fourth-order valence-electron chi connectivity index (χ4n) is 1.67. The highest BCUT2D eigenvalue weighted by Gasteiger charge is 2.12. The molecule has 0 amide bonds. The van der Waals surface area contributed by atoms with Crippen molar-refractivity contribution in [3.63, 3.8) is 0 Å². The Morgan fingerprint density at radius 1 is 1.21 bits per heavy atom. The van der Waals surface area contributed by atoms with Gasteiger partial charge in [0.2, 0.25) is 5.88 Å². The molecule has 1 aromatic heterocycles. The van der Waals surface area contributed by atoms with Gasteiger partial charge in [-0.25, -0.2) is 13.8 Å². The van der Waals surface area contributed by atoms with E-state index in [9.17, 15) is 8.78 Å². The van der Waals surface area contributed by atoms with Gasteiger partial charge in [-0.1, -0.05) is 6.07 Å². The summed E-state index contributed by atoms with van der Waals surface area (Å²) in [5.74, 6) is -0.960. The van der Waals surface area contributed by atoms with E-state index in [1.54, 1.807) is 12.3 Å². The molecular weight excluding hydrogens is 250 g/mol. The Labute approximate surface area is 110 Å². The van der Waals surface area contributed by atoms with Gasteiger partial charge in [0, 0.05) is 36.0 Å². The molecule has 0 aliphatic heterocycles. The van der Waals surface area contributed by atoms with Crippen molar-refractivity contribution in [2.45, 2.75) is 13.0 Å². The van der Waals surface area contributed by atoms with E-state index in [1.807, 2.05) is 20.0 Å². The van der Waals surface area contributed by atoms with Crippen molar-refractivity contribution < 1.29 is 13.5 Å². The van der Waals surface area contributed by atoms with Crippen LogP contribution >= 0.6 is 0 Å². The van der Waals surface area contributed by atoms with Crippen LogP contribution in [0.4, 0.5) is 8.78 Å². The Morgan fingerprint density at radius 2 is 1.89 bits per heavy atom. The van der Waals surface area contributed by atoms with E-state index >= 15 is 0 Å². The third-order valence-electron chi connectivity index (χ3n) is 2.75. The first-order valence-corrected chi connectivity index (χ1v) is 5.86. The van der Waals surface area contributed by atoms with Gasteiger partial charge in [-0.15, -0.1) is 0 Å². The lowest BCUT2D eigenvalue weighted by molar-refractivity contribution is 0.437. The Hall–Kier alpha value is -2.01. The van der Waals surface area contributed by atoms with Gasteiger partial charge in [-0.05, 0) is 20.0 Å². The molecule has 0 saturated carbocycles. The van der Waals surface area contributed by atoms with Crippen LogP contribution in [0, 0.1) is 11.6 Å². The van der Waals surface area contributed by atoms with Crippen LogP contribution in [0.1, 0.15) is 18.5 Å². The summed E-state index contributed by atoms with van der Waals surface area (Å²) in [6, 6.07) is 6.67. The van der Waals surface area contributed by atoms with Gasteiger partial charge in [-0.3, -0.25) is 0 Å². The van der Waals surface area contributed by atoms with Crippen LogP contribution in [-0.4, -0.2) is 12.0 Å². The molecule has 2 aromatic rings. The molecule has 0 saturated heterocycles. The molecule has 1 heterocycles. The molecule has 2 rings (SSSR count). The number of ether oxygens (including phenoxy) is 1. The number of hydrogen-bond donors (Lipinski definition) is 1. The van der Waals surface area contributed by atoms with Crippen LogP contribution in [0.3, 0.4) is 0 Å². The van der Waals surface area contributed by atoms with Gasteiger partial charge < -0.3 is 10.1 Å². The molecule has 0 aliphatic rings. The molecule has 0 aliphatic carbocycles. The van der Waals surface area contributed by atoms with Crippen LogP contribution < -0.4 is 10.1 Å². The minimum absolute atomic E-state index is 0.0158. The minimum atomic E-state index is -0.686. The number of aromatic nitrogens is 1. The molecule has 0 fully saturated rings. The first-order chi connectivity index (χ1) is 9.10. The third-order valence-corrected chi connectivity index (χ3v) is 2.75. The maximum Gasteiger partial charge on any atom is 0.223 e. The number of nitrogens with zero attached hydrogens (tertiary/aromatic N) is 1. The summed E-state index contributed by atoms with van der Waals surface area (Å²) in [6.45, 7) is 1.94. The molecule has 0 spiro atoms. The van der Waals surface area contributed by atoms with Gasteiger partial charge in [0.25, 0.3) is 0 Å². The van der Waals surface area contributed by atoms with E-state index < -0.39 is 11.6 Å². The second kappa shape index (κ2) is 5.75. The highest BCUT2D eigenvalue weighted by atomic mass is 19.1. The summed E-state index contributed by atoms with van der Waals surface area (Å²) in [7, 11) is 1.81. The van der Waals surface area contributed by atoms with Crippen molar-refractivity contribution >= 4 is 0 Å². The molecule has 1 N–H and O–H groups in total. The van der Waals surface area contributed by atoms with Crippen molar-refractivity contribution in [1.29, 1.82) is 0 Å². The van der Waals surface area contributed by atoms with Crippen molar-refractivity contribution in [2.75, 3.05) is 7.05 Å². The van der Waals surface area contributed by atoms with Gasteiger partial charge in [0.1, 0.15) is 17.4 Å². The van der Waals surface area contributed by atoms with E-state index in [1.165, 1.54) is 0 Å². The van der Waals surface area contributed by atoms with Gasteiger partial charge in [0.05, 0.1) is 0 Å². The predicted octanol–water partition coefficient (Wildman–Crippen LogP) is 3.43. The lowest BCUT2D eigenvalue weighted by Gasteiger charge is -2.15. The Kier molecular flexibility index (Phi) is 4.06. The standard InChI is InChI=1S/C14H14F2N2O/c1-9(17-2)13-4-3-5-18-14(13)19-12-7-10(15)6-11(16)8-12/h3-9,17H,1-2H3. The van der Waals surface area contributed by atoms with E-state index in [0.717, 1.165) is 23.8 Å². The molecule has 0 bridgehead atoms. The molecule has 1 atom stereocenters. The quantitative estimate of drug-likeness (QED) is 0.918. The second-order valence-electron chi connectivity index (χ2n) is 4.12. The van der Waals surface area contributed by atoms with Crippen LogP contribution in [0.25, 0.3) is 0 Å². The average Bonchev–Trinajstić information content (AvgIpc) is 2.37. The third kappa shape index (κ3) is 3.26. The number of benzene rings is 1. The van der Waals surface area contributed by atoms with Crippen molar-refractivity contribution in [2.24, 2.45) is 0 Å². The van der Waals surface area contributed by atoms with E-state index in [-0.39, 0.29) is 11.8 Å². The predicted molar refractivity (Wildman–Crippen MR) is 68.1 cm³/mol. The summed E-state index contributed by atoms with van der Waals surface area (Å²) < 4.78 is 31.7. The normalized spacial score (nSPS) is 12.2. The molecule has 1 aromatic carbocycles. The fourth-order valence-corrected chi connectivity index (χ4v) is 1.67. The summed E-state index contributed by atoms with van der Waals surface area (Å²) in [4.78, 5) is 4.10. The van der Waals surface area contributed by atoms with E-state index in [2.05, 4.69) is 10.3 Å². The minimum Gasteiger partial charge on any atom is -0.438 e. The molecule has 100 valence electrons. The molecular formula is C14H14F2N2O. The van der Waals surface area contributed by atoms with E-state index in [4.69, 9.17) is 4.74 Å². The van der Waals surface area contributed by atoms with Crippen molar-refractivity contribution in [3.8, 4) is 11.6 Å². The van der Waals surface area contributed by atoms with Gasteiger partial charge in [-0.2, -0.15) is 0 Å². The largest absolute Gasteiger partial charge is 0.438 e. The summed E-state index contributed by atoms with van der Waals surface area (Å²) in [6.07, 6.45) is 1.57. The highest BCUT2D eigenvalue weighted by molar-refractivity contribution is 5.34. The average molecular weight is 264 g/mol. The Bertz CT molecular complexity index is 555. The van der Waals surface area contributed by atoms with Crippen molar-refractivity contribution in [3.05, 3.63) is 53.7 Å². The summed E-state index contributed by atoms with van der Waals surface area (Å²) >= 11 is 0. The first kappa shape index (κ1) is 13.4. The number of hydrogen-bond acceptors (Lipinski definition) is 3. The molecule has 3 nitrogen and oxygen atoms in total. The lowest BCUT2D eigenvalue weighted by atomic mass is 10.1. The van der Waals surface area contributed by atoms with Gasteiger partial charge in [0.15, 0.2) is 0 Å². The maximum absolute atomic E-state index is 13.1. The number of rotatable bonds is 4. The lowest BCUT2D eigenvalue weighted by Crippen LogP contribution is -2.13. The smallest absolute Gasteiger partial charge is 0.223 e.